The first-order valence-electron chi connectivity index (χ1n) is 11.1. The van der Waals surface area contributed by atoms with Gasteiger partial charge in [-0.05, 0) is 78.9 Å². The van der Waals surface area contributed by atoms with Crippen molar-refractivity contribution in [3.63, 3.8) is 0 Å². The topological polar surface area (TPSA) is 20.3 Å². The Kier molecular flexibility index (Phi) is 4.28. The molecule has 2 nitrogen and oxygen atoms in total. The molecule has 0 aromatic heterocycles. The lowest BCUT2D eigenvalue weighted by Crippen LogP contribution is -2.62. The van der Waals surface area contributed by atoms with Gasteiger partial charge in [-0.2, -0.15) is 0 Å². The molecule has 1 saturated heterocycles. The van der Waals surface area contributed by atoms with Crippen LogP contribution in [0.25, 0.3) is 0 Å². The molecule has 2 heteroatoms. The van der Waals surface area contributed by atoms with E-state index in [-0.39, 0.29) is 0 Å². The molecule has 4 aliphatic rings. The van der Waals surface area contributed by atoms with Crippen LogP contribution in [0.15, 0.2) is 0 Å². The van der Waals surface area contributed by atoms with Gasteiger partial charge in [0.1, 0.15) is 0 Å². The zero-order valence-electron chi connectivity index (χ0n) is 17.2. The van der Waals surface area contributed by atoms with Gasteiger partial charge in [0.2, 0.25) is 5.91 Å². The highest BCUT2D eigenvalue weighted by atomic mass is 16.2. The lowest BCUT2D eigenvalue weighted by atomic mass is 9.45. The Morgan fingerprint density at radius 3 is 2.64 bits per heavy atom. The quantitative estimate of drug-likeness (QED) is 0.646. The van der Waals surface area contributed by atoms with Gasteiger partial charge in [-0.3, -0.25) is 4.79 Å². The van der Waals surface area contributed by atoms with Crippen molar-refractivity contribution < 1.29 is 4.79 Å². The summed E-state index contributed by atoms with van der Waals surface area (Å²) in [5.74, 6) is 4.84. The highest BCUT2D eigenvalue weighted by molar-refractivity contribution is 5.77. The summed E-state index contributed by atoms with van der Waals surface area (Å²) < 4.78 is 0. The van der Waals surface area contributed by atoms with Crippen LogP contribution in [0.3, 0.4) is 0 Å². The maximum Gasteiger partial charge on any atom is 0.222 e. The van der Waals surface area contributed by atoms with Crippen LogP contribution in [0, 0.1) is 40.4 Å². The van der Waals surface area contributed by atoms with Crippen molar-refractivity contribution in [3.05, 3.63) is 0 Å². The summed E-state index contributed by atoms with van der Waals surface area (Å²) in [5.41, 5.74) is 0.971. The summed E-state index contributed by atoms with van der Waals surface area (Å²) in [7, 11) is 2.08. The minimum absolute atomic E-state index is 0.365. The molecular weight excluding hydrogens is 306 g/mol. The average Bonchev–Trinajstić information content (AvgIpc) is 2.90. The highest BCUT2D eigenvalue weighted by Gasteiger charge is 2.61. The van der Waals surface area contributed by atoms with Crippen molar-refractivity contribution in [2.24, 2.45) is 40.4 Å². The number of fused-ring (bicyclic) bond motifs is 5. The monoisotopic (exact) mass is 345 g/mol. The number of piperidine rings is 1. The van der Waals surface area contributed by atoms with Crippen LogP contribution in [-0.2, 0) is 4.79 Å². The van der Waals surface area contributed by atoms with Crippen molar-refractivity contribution >= 4 is 5.91 Å². The zero-order valence-corrected chi connectivity index (χ0v) is 17.2. The van der Waals surface area contributed by atoms with Crippen LogP contribution >= 0.6 is 0 Å². The molecule has 25 heavy (non-hydrogen) atoms. The first-order chi connectivity index (χ1) is 11.8. The van der Waals surface area contributed by atoms with Crippen molar-refractivity contribution in [1.82, 2.24) is 4.90 Å². The summed E-state index contributed by atoms with van der Waals surface area (Å²) in [6.45, 7) is 10.0. The van der Waals surface area contributed by atoms with Gasteiger partial charge in [-0.25, -0.2) is 0 Å². The van der Waals surface area contributed by atoms with Crippen molar-refractivity contribution in [1.29, 1.82) is 0 Å². The Morgan fingerprint density at radius 1 is 1.16 bits per heavy atom. The van der Waals surface area contributed by atoms with E-state index in [1.807, 2.05) is 0 Å². The molecule has 1 heterocycles. The molecule has 4 rings (SSSR count). The standard InChI is InChI=1S/C23H39NO/c1-6-7-16-13-18-21-15(2)12-19-23(4,11-9-20(25)24(19)5)17(21)8-10-22(18,3)14-16/h15-19,21H,6-14H2,1-5H3/t15?,16?,17-,18+,19?,21-,22-,23-/m1/s1. The molecule has 1 aliphatic heterocycles. The van der Waals surface area contributed by atoms with Crippen LogP contribution in [0.5, 0.6) is 0 Å². The molecule has 3 saturated carbocycles. The van der Waals surface area contributed by atoms with Gasteiger partial charge in [-0.1, -0.05) is 40.5 Å². The Bertz CT molecular complexity index is 544. The Balaban J connectivity index is 1.64. The fraction of sp³-hybridized carbons (Fsp3) is 0.957. The van der Waals surface area contributed by atoms with E-state index < -0.39 is 0 Å². The lowest BCUT2D eigenvalue weighted by molar-refractivity contribution is -0.164. The van der Waals surface area contributed by atoms with Gasteiger partial charge in [0.25, 0.3) is 0 Å². The normalized spacial score (nSPS) is 52.5. The molecule has 4 fully saturated rings. The summed E-state index contributed by atoms with van der Waals surface area (Å²) >= 11 is 0. The van der Waals surface area contributed by atoms with Crippen molar-refractivity contribution in [2.75, 3.05) is 7.05 Å². The molecule has 0 N–H and O–H groups in total. The van der Waals surface area contributed by atoms with E-state index in [9.17, 15) is 4.79 Å². The maximum atomic E-state index is 12.3. The van der Waals surface area contributed by atoms with E-state index in [0.29, 0.717) is 22.8 Å². The van der Waals surface area contributed by atoms with E-state index in [4.69, 9.17) is 0 Å². The summed E-state index contributed by atoms with van der Waals surface area (Å²) in [6.07, 6.45) is 11.8. The summed E-state index contributed by atoms with van der Waals surface area (Å²) in [6, 6.07) is 0.488. The molecule has 0 aromatic carbocycles. The SMILES string of the molecule is CCCC1C[C@H]2[C@@H]3C(C)CC4N(C)C(=O)CC[C@]4(C)[C@@H]3CC[C@]2(C)C1. The second kappa shape index (κ2) is 5.99. The number of hydrogen-bond donors (Lipinski definition) is 0. The van der Waals surface area contributed by atoms with Gasteiger partial charge in [0, 0.05) is 19.5 Å². The molecule has 3 unspecified atom stereocenters. The minimum atomic E-state index is 0.365. The number of amides is 1. The van der Waals surface area contributed by atoms with Crippen LogP contribution < -0.4 is 0 Å². The molecule has 0 bridgehead atoms. The predicted molar refractivity (Wildman–Crippen MR) is 103 cm³/mol. The Morgan fingerprint density at radius 2 is 1.92 bits per heavy atom. The van der Waals surface area contributed by atoms with Gasteiger partial charge in [-0.15, -0.1) is 0 Å². The number of hydrogen-bond acceptors (Lipinski definition) is 1. The first kappa shape index (κ1) is 17.9. The third-order valence-corrected chi connectivity index (χ3v) is 9.49. The van der Waals surface area contributed by atoms with Crippen molar-refractivity contribution in [2.45, 2.75) is 91.5 Å². The van der Waals surface area contributed by atoms with Gasteiger partial charge < -0.3 is 4.90 Å². The molecule has 142 valence electrons. The zero-order chi connectivity index (χ0) is 18.0. The number of carbonyl (C=O) groups is 1. The largest absolute Gasteiger partial charge is 0.342 e. The second-order valence-electron chi connectivity index (χ2n) is 10.8. The first-order valence-corrected chi connectivity index (χ1v) is 11.1. The van der Waals surface area contributed by atoms with E-state index in [1.165, 1.54) is 44.9 Å². The second-order valence-corrected chi connectivity index (χ2v) is 10.8. The third-order valence-electron chi connectivity index (χ3n) is 9.49. The predicted octanol–water partition coefficient (Wildman–Crippen LogP) is 5.51. The van der Waals surface area contributed by atoms with E-state index in [2.05, 4.69) is 39.6 Å². The highest BCUT2D eigenvalue weighted by Crippen LogP contribution is 2.67. The number of nitrogens with zero attached hydrogens (tertiary/aromatic N) is 1. The fourth-order valence-electron chi connectivity index (χ4n) is 8.30. The molecule has 0 radical (unpaired) electrons. The molecule has 0 aromatic rings. The smallest absolute Gasteiger partial charge is 0.222 e. The Hall–Kier alpha value is -0.530. The summed E-state index contributed by atoms with van der Waals surface area (Å²) in [4.78, 5) is 14.5. The van der Waals surface area contributed by atoms with Gasteiger partial charge >= 0.3 is 0 Å². The van der Waals surface area contributed by atoms with Gasteiger partial charge in [0.15, 0.2) is 0 Å². The van der Waals surface area contributed by atoms with Gasteiger partial charge in [0.05, 0.1) is 0 Å². The van der Waals surface area contributed by atoms with E-state index in [1.54, 1.807) is 0 Å². The maximum absolute atomic E-state index is 12.3. The van der Waals surface area contributed by atoms with Crippen LogP contribution in [0.1, 0.15) is 85.5 Å². The fourth-order valence-corrected chi connectivity index (χ4v) is 8.30. The van der Waals surface area contributed by atoms with Crippen LogP contribution in [0.4, 0.5) is 0 Å². The average molecular weight is 346 g/mol. The lowest BCUT2D eigenvalue weighted by Gasteiger charge is -2.63. The summed E-state index contributed by atoms with van der Waals surface area (Å²) in [5, 5.41) is 0. The molecule has 8 atom stereocenters. The molecule has 3 aliphatic carbocycles. The van der Waals surface area contributed by atoms with Crippen molar-refractivity contribution in [3.8, 4) is 0 Å². The third kappa shape index (κ3) is 2.52. The van der Waals surface area contributed by atoms with Crippen LogP contribution in [0.2, 0.25) is 0 Å². The minimum Gasteiger partial charge on any atom is -0.342 e. The van der Waals surface area contributed by atoms with E-state index >= 15 is 0 Å². The van der Waals surface area contributed by atoms with E-state index in [0.717, 1.165) is 42.4 Å². The molecular formula is C23H39NO. The molecule has 1 amide bonds. The Labute approximate surface area is 155 Å². The number of rotatable bonds is 2. The number of carbonyl (C=O) groups excluding carboxylic acids is 1. The number of likely N-dealkylation sites (tertiary alicyclic amines) is 1. The van der Waals surface area contributed by atoms with Crippen LogP contribution in [-0.4, -0.2) is 23.9 Å². The molecule has 0 spiro atoms.